The van der Waals surface area contributed by atoms with Crippen LogP contribution < -0.4 is 5.32 Å². The first-order valence-electron chi connectivity index (χ1n) is 8.34. The lowest BCUT2D eigenvalue weighted by Gasteiger charge is -2.15. The highest BCUT2D eigenvalue weighted by molar-refractivity contribution is 7.89. The van der Waals surface area contributed by atoms with Crippen LogP contribution in [0.15, 0.2) is 53.4 Å². The van der Waals surface area contributed by atoms with Crippen LogP contribution in [0, 0.1) is 11.3 Å². The van der Waals surface area contributed by atoms with Crippen molar-refractivity contribution in [1.29, 1.82) is 5.26 Å². The van der Waals surface area contributed by atoms with E-state index in [-0.39, 0.29) is 10.5 Å². The van der Waals surface area contributed by atoms with Crippen molar-refractivity contribution in [2.24, 2.45) is 0 Å². The molecule has 0 aliphatic heterocycles. The van der Waals surface area contributed by atoms with E-state index in [0.29, 0.717) is 15.7 Å². The predicted octanol–water partition coefficient (Wildman–Crippen LogP) is 1.92. The van der Waals surface area contributed by atoms with E-state index in [1.54, 1.807) is 24.3 Å². The van der Waals surface area contributed by atoms with Crippen LogP contribution in [0.4, 0.5) is 5.69 Å². The van der Waals surface area contributed by atoms with Crippen molar-refractivity contribution in [3.05, 3.63) is 59.7 Å². The van der Waals surface area contributed by atoms with Crippen LogP contribution in [0.25, 0.3) is 0 Å². The molecule has 0 spiro atoms. The Kier molecular flexibility index (Phi) is 7.06. The number of amides is 1. The molecule has 0 saturated carbocycles. The minimum absolute atomic E-state index is 0.0648. The van der Waals surface area contributed by atoms with Crippen LogP contribution >= 0.6 is 0 Å². The molecule has 0 aromatic heterocycles. The summed E-state index contributed by atoms with van der Waals surface area (Å²) in [5, 5.41) is 11.3. The number of hydrogen-bond acceptors (Lipinski definition) is 7. The smallest absolute Gasteiger partial charge is 0.338 e. The van der Waals surface area contributed by atoms with Crippen molar-refractivity contribution < 1.29 is 27.6 Å². The maximum absolute atomic E-state index is 12.2. The van der Waals surface area contributed by atoms with E-state index in [4.69, 9.17) is 10.00 Å². The van der Waals surface area contributed by atoms with Gasteiger partial charge in [-0.1, -0.05) is 4.47 Å². The molecule has 0 saturated heterocycles. The number of nitrogens with zero attached hydrogens (tertiary/aromatic N) is 2. The fraction of sp³-hybridized carbons (Fsp3) is 0.211. The van der Waals surface area contributed by atoms with Gasteiger partial charge in [0.15, 0.2) is 6.10 Å². The molecule has 0 heterocycles. The summed E-state index contributed by atoms with van der Waals surface area (Å²) >= 11 is 0. The summed E-state index contributed by atoms with van der Waals surface area (Å²) in [6.07, 6.45) is -1.10. The molecule has 0 unspecified atom stereocenters. The van der Waals surface area contributed by atoms with E-state index in [9.17, 15) is 18.0 Å². The molecule has 9 nitrogen and oxygen atoms in total. The number of carbonyl (C=O) groups excluding carboxylic acids is 2. The van der Waals surface area contributed by atoms with Crippen molar-refractivity contribution in [2.75, 3.05) is 19.5 Å². The Morgan fingerprint density at radius 2 is 1.69 bits per heavy atom. The number of hydroxylamine groups is 1. The number of anilines is 1. The monoisotopic (exact) mass is 417 g/mol. The lowest BCUT2D eigenvalue weighted by atomic mass is 10.2. The van der Waals surface area contributed by atoms with Gasteiger partial charge in [0.2, 0.25) is 0 Å². The molecule has 0 fully saturated rings. The Morgan fingerprint density at radius 3 is 2.21 bits per heavy atom. The van der Waals surface area contributed by atoms with Gasteiger partial charge in [0.1, 0.15) is 0 Å². The summed E-state index contributed by atoms with van der Waals surface area (Å²) in [4.78, 5) is 29.0. The Balaban J connectivity index is 2.01. The van der Waals surface area contributed by atoms with Gasteiger partial charge in [0.05, 0.1) is 29.2 Å². The second-order valence-corrected chi connectivity index (χ2v) is 7.78. The normalized spacial score (nSPS) is 12.1. The summed E-state index contributed by atoms with van der Waals surface area (Å²) < 4.78 is 30.1. The average Bonchev–Trinajstić information content (AvgIpc) is 2.73. The van der Waals surface area contributed by atoms with Crippen molar-refractivity contribution in [3.63, 3.8) is 0 Å². The minimum Gasteiger partial charge on any atom is -0.449 e. The highest BCUT2D eigenvalue weighted by Crippen LogP contribution is 2.16. The number of ether oxygens (including phenoxy) is 1. The largest absolute Gasteiger partial charge is 0.449 e. The number of esters is 1. The van der Waals surface area contributed by atoms with Crippen LogP contribution in [-0.4, -0.2) is 45.0 Å². The molecule has 0 aliphatic carbocycles. The Morgan fingerprint density at radius 1 is 1.10 bits per heavy atom. The molecule has 2 aromatic rings. The minimum atomic E-state index is -3.83. The lowest BCUT2D eigenvalue weighted by molar-refractivity contribution is -0.123. The Hall–Kier alpha value is -3.26. The van der Waals surface area contributed by atoms with Gasteiger partial charge in [-0.2, -0.15) is 5.26 Å². The zero-order chi connectivity index (χ0) is 21.6. The van der Waals surface area contributed by atoms with Crippen LogP contribution in [0.3, 0.4) is 0 Å². The van der Waals surface area contributed by atoms with Gasteiger partial charge in [-0.25, -0.2) is 13.2 Å². The highest BCUT2D eigenvalue weighted by Gasteiger charge is 2.22. The SMILES string of the molecule is CON(C)S(=O)(=O)c1ccc(C(=O)O[C@@H](C)C(=O)Nc2ccc(C#N)cc2)cc1. The molecule has 0 bridgehead atoms. The van der Waals surface area contributed by atoms with Crippen molar-refractivity contribution in [1.82, 2.24) is 4.47 Å². The molecule has 29 heavy (non-hydrogen) atoms. The molecule has 2 aromatic carbocycles. The molecule has 0 radical (unpaired) electrons. The molecular weight excluding hydrogens is 398 g/mol. The second-order valence-electron chi connectivity index (χ2n) is 5.85. The van der Waals surface area contributed by atoms with E-state index in [1.807, 2.05) is 6.07 Å². The van der Waals surface area contributed by atoms with Crippen LogP contribution in [-0.2, 0) is 24.4 Å². The van der Waals surface area contributed by atoms with E-state index in [2.05, 4.69) is 10.2 Å². The maximum Gasteiger partial charge on any atom is 0.338 e. The number of carbonyl (C=O) groups is 2. The van der Waals surface area contributed by atoms with Crippen molar-refractivity contribution in [3.8, 4) is 6.07 Å². The molecule has 1 amide bonds. The molecule has 0 aliphatic rings. The molecular formula is C19H19N3O6S. The standard InChI is InChI=1S/C19H19N3O6S/c1-13(18(23)21-16-8-4-14(12-20)5-9-16)28-19(24)15-6-10-17(11-7-15)29(25,26)22(2)27-3/h4-11,13H,1-3H3,(H,21,23)/t13-/m0/s1. The third kappa shape index (κ3) is 5.39. The van der Waals surface area contributed by atoms with Crippen molar-refractivity contribution >= 4 is 27.6 Å². The fourth-order valence-electron chi connectivity index (χ4n) is 2.16. The number of hydrogen-bond donors (Lipinski definition) is 1. The van der Waals surface area contributed by atoms with Gasteiger partial charge in [0, 0.05) is 12.7 Å². The zero-order valence-electron chi connectivity index (χ0n) is 15.9. The first-order chi connectivity index (χ1) is 13.7. The Bertz CT molecular complexity index is 1030. The van der Waals surface area contributed by atoms with Crippen LogP contribution in [0.2, 0.25) is 0 Å². The van der Waals surface area contributed by atoms with Gasteiger partial charge in [-0.15, -0.1) is 0 Å². The lowest BCUT2D eigenvalue weighted by Crippen LogP contribution is -2.30. The number of nitriles is 1. The van der Waals surface area contributed by atoms with E-state index in [0.717, 1.165) is 0 Å². The summed E-state index contributed by atoms with van der Waals surface area (Å²) in [7, 11) is -1.38. The average molecular weight is 417 g/mol. The second kappa shape index (κ2) is 9.29. The van der Waals surface area contributed by atoms with E-state index >= 15 is 0 Å². The predicted molar refractivity (Wildman–Crippen MR) is 103 cm³/mol. The van der Waals surface area contributed by atoms with Crippen LogP contribution in [0.5, 0.6) is 0 Å². The number of benzene rings is 2. The first-order valence-corrected chi connectivity index (χ1v) is 9.78. The maximum atomic E-state index is 12.2. The highest BCUT2D eigenvalue weighted by atomic mass is 32.2. The van der Waals surface area contributed by atoms with E-state index < -0.39 is 28.0 Å². The number of rotatable bonds is 7. The Labute approximate surface area is 168 Å². The molecule has 152 valence electrons. The zero-order valence-corrected chi connectivity index (χ0v) is 16.8. The quantitative estimate of drug-likeness (QED) is 0.539. The van der Waals surface area contributed by atoms with Gasteiger partial charge >= 0.3 is 5.97 Å². The fourth-order valence-corrected chi connectivity index (χ4v) is 3.14. The van der Waals surface area contributed by atoms with Gasteiger partial charge in [-0.05, 0) is 55.5 Å². The first kappa shape index (κ1) is 22.0. The molecule has 1 atom stereocenters. The number of nitrogens with one attached hydrogen (secondary N) is 1. The topological polar surface area (TPSA) is 126 Å². The summed E-state index contributed by atoms with van der Waals surface area (Å²) in [5.74, 6) is -1.33. The molecule has 1 N–H and O–H groups in total. The van der Waals surface area contributed by atoms with Gasteiger partial charge in [0.25, 0.3) is 15.9 Å². The molecule has 10 heteroatoms. The van der Waals surface area contributed by atoms with Crippen molar-refractivity contribution in [2.45, 2.75) is 17.9 Å². The third-order valence-electron chi connectivity index (χ3n) is 3.92. The van der Waals surface area contributed by atoms with E-state index in [1.165, 1.54) is 45.3 Å². The summed E-state index contributed by atoms with van der Waals surface area (Å²) in [6, 6.07) is 13.2. The molecule has 2 rings (SSSR count). The van der Waals surface area contributed by atoms with Crippen LogP contribution in [0.1, 0.15) is 22.8 Å². The summed E-state index contributed by atoms with van der Waals surface area (Å²) in [6.45, 7) is 1.41. The number of sulfonamides is 1. The summed E-state index contributed by atoms with van der Waals surface area (Å²) in [5.41, 5.74) is 0.986. The van der Waals surface area contributed by atoms with Gasteiger partial charge < -0.3 is 10.1 Å². The van der Waals surface area contributed by atoms with Gasteiger partial charge in [-0.3, -0.25) is 9.63 Å². The third-order valence-corrected chi connectivity index (χ3v) is 5.61.